The van der Waals surface area contributed by atoms with Gasteiger partial charge in [-0.1, -0.05) is 35.9 Å². The third-order valence-electron chi connectivity index (χ3n) is 6.17. The quantitative estimate of drug-likeness (QED) is 0.414. The van der Waals surface area contributed by atoms with Gasteiger partial charge in [-0.05, 0) is 62.6 Å². The van der Waals surface area contributed by atoms with Gasteiger partial charge in [-0.2, -0.15) is 0 Å². The summed E-state index contributed by atoms with van der Waals surface area (Å²) < 4.78 is 5.03. The lowest BCUT2D eigenvalue weighted by Crippen LogP contribution is -2.40. The van der Waals surface area contributed by atoms with Crippen molar-refractivity contribution >= 4 is 18.3 Å². The molecule has 2 aliphatic carbocycles. The molecule has 0 unspecified atom stereocenters. The number of carbonyl (C=O) groups excluding carboxylic acids is 1. The Balaban J connectivity index is 1.64. The van der Waals surface area contributed by atoms with Gasteiger partial charge in [0, 0.05) is 35.9 Å². The van der Waals surface area contributed by atoms with Crippen LogP contribution in [0.15, 0.2) is 75.6 Å². The molecule has 2 aliphatic rings. The zero-order chi connectivity index (χ0) is 22.7. The van der Waals surface area contributed by atoms with Gasteiger partial charge in [0.15, 0.2) is 0 Å². The molecule has 164 valence electrons. The van der Waals surface area contributed by atoms with Crippen LogP contribution in [0, 0.1) is 5.92 Å². The lowest BCUT2D eigenvalue weighted by atomic mass is 9.63. The lowest BCUT2D eigenvalue weighted by molar-refractivity contribution is 0.0526. The third kappa shape index (κ3) is 4.03. The molecule has 2 atom stereocenters. The number of carbonyl (C=O) groups is 1. The van der Waals surface area contributed by atoms with Crippen LogP contribution in [0.2, 0.25) is 0 Å². The minimum Gasteiger partial charge on any atom is -0.462 e. The Morgan fingerprint density at radius 1 is 1.25 bits per heavy atom. The largest absolute Gasteiger partial charge is 0.462 e. The highest BCUT2D eigenvalue weighted by Gasteiger charge is 2.46. The standard InChI is InChI=1S/C27H28N2O3/c1-4-22-21-15-18(3)17-27(22,23-12-13-25(30)29-24(23)16-21)28-14-6-7-19-8-10-20(11-9-19)26(31)32-5-2/h4,6-15,21H,5,16-17H2,1-3H3,(H,29,30)/b7-6+,22-4+,28-14?/t21-,27+/m0/s1. The number of hydrogen-bond donors (Lipinski definition) is 1. The molecule has 5 nitrogen and oxygen atoms in total. The number of ether oxygens (including phenoxy) is 1. The molecular weight excluding hydrogens is 400 g/mol. The van der Waals surface area contributed by atoms with Gasteiger partial charge in [-0.15, -0.1) is 0 Å². The van der Waals surface area contributed by atoms with Crippen LogP contribution in [0.1, 0.15) is 54.4 Å². The van der Waals surface area contributed by atoms with Crippen LogP contribution < -0.4 is 5.56 Å². The molecule has 1 heterocycles. The van der Waals surface area contributed by atoms with E-state index in [4.69, 9.17) is 9.73 Å². The van der Waals surface area contributed by atoms with Crippen LogP contribution >= 0.6 is 0 Å². The molecule has 2 aromatic rings. The summed E-state index contributed by atoms with van der Waals surface area (Å²) in [5, 5.41) is 0. The van der Waals surface area contributed by atoms with Gasteiger partial charge in [0.05, 0.1) is 12.2 Å². The highest BCUT2D eigenvalue weighted by molar-refractivity contribution is 5.89. The summed E-state index contributed by atoms with van der Waals surface area (Å²) in [7, 11) is 0. The van der Waals surface area contributed by atoms with Crippen LogP contribution in [-0.4, -0.2) is 23.8 Å². The molecule has 2 bridgehead atoms. The van der Waals surface area contributed by atoms with Crippen molar-refractivity contribution in [1.82, 2.24) is 4.98 Å². The van der Waals surface area contributed by atoms with E-state index in [9.17, 15) is 9.59 Å². The molecule has 1 aromatic heterocycles. The molecule has 4 rings (SSSR count). The fourth-order valence-electron chi connectivity index (χ4n) is 4.92. The number of hydrogen-bond acceptors (Lipinski definition) is 4. The molecular formula is C27H28N2O3. The number of benzene rings is 1. The van der Waals surface area contributed by atoms with E-state index in [0.717, 1.165) is 29.7 Å². The van der Waals surface area contributed by atoms with Gasteiger partial charge in [0.2, 0.25) is 5.56 Å². The van der Waals surface area contributed by atoms with E-state index in [1.807, 2.05) is 36.6 Å². The van der Waals surface area contributed by atoms with E-state index >= 15 is 0 Å². The second-order valence-electron chi connectivity index (χ2n) is 8.30. The number of fused-ring (bicyclic) bond motifs is 4. The van der Waals surface area contributed by atoms with E-state index in [-0.39, 0.29) is 17.4 Å². The van der Waals surface area contributed by atoms with Gasteiger partial charge in [-0.3, -0.25) is 9.79 Å². The van der Waals surface area contributed by atoms with Crippen molar-refractivity contribution < 1.29 is 9.53 Å². The summed E-state index contributed by atoms with van der Waals surface area (Å²) in [5.74, 6) is -0.0669. The summed E-state index contributed by atoms with van der Waals surface area (Å²) in [6, 6.07) is 10.8. The Hall–Kier alpha value is -3.47. The Bertz CT molecular complexity index is 1200. The molecule has 1 aromatic carbocycles. The number of aliphatic imine (C=N–C) groups is 1. The molecule has 32 heavy (non-hydrogen) atoms. The van der Waals surface area contributed by atoms with Gasteiger partial charge < -0.3 is 9.72 Å². The summed E-state index contributed by atoms with van der Waals surface area (Å²) in [4.78, 5) is 31.9. The predicted molar refractivity (Wildman–Crippen MR) is 128 cm³/mol. The summed E-state index contributed by atoms with van der Waals surface area (Å²) in [6.45, 7) is 6.38. The van der Waals surface area contributed by atoms with Crippen molar-refractivity contribution in [1.29, 1.82) is 0 Å². The van der Waals surface area contributed by atoms with E-state index in [1.165, 1.54) is 11.1 Å². The minimum absolute atomic E-state index is 0.0725. The first-order valence-corrected chi connectivity index (χ1v) is 11.0. The first-order chi connectivity index (χ1) is 15.5. The molecule has 0 radical (unpaired) electrons. The molecule has 5 heteroatoms. The fourth-order valence-corrected chi connectivity index (χ4v) is 4.92. The lowest BCUT2D eigenvalue weighted by Gasteiger charge is -2.45. The summed E-state index contributed by atoms with van der Waals surface area (Å²) in [6.07, 6.45) is 11.8. The summed E-state index contributed by atoms with van der Waals surface area (Å²) >= 11 is 0. The van der Waals surface area contributed by atoms with Crippen molar-refractivity contribution in [2.75, 3.05) is 6.61 Å². The van der Waals surface area contributed by atoms with E-state index < -0.39 is 5.54 Å². The molecule has 0 fully saturated rings. The number of rotatable bonds is 5. The molecule has 0 amide bonds. The van der Waals surface area contributed by atoms with Crippen molar-refractivity contribution in [2.24, 2.45) is 10.9 Å². The maximum Gasteiger partial charge on any atom is 0.338 e. The Labute approximate surface area is 188 Å². The second-order valence-corrected chi connectivity index (χ2v) is 8.30. The number of allylic oxidation sites excluding steroid dienone is 3. The molecule has 0 saturated carbocycles. The van der Waals surface area contributed by atoms with E-state index in [0.29, 0.717) is 12.2 Å². The van der Waals surface area contributed by atoms with Crippen molar-refractivity contribution in [2.45, 2.75) is 39.2 Å². The van der Waals surface area contributed by atoms with Gasteiger partial charge in [0.25, 0.3) is 0 Å². The summed E-state index contributed by atoms with van der Waals surface area (Å²) in [5.41, 5.74) is 5.60. The smallest absolute Gasteiger partial charge is 0.338 e. The van der Waals surface area contributed by atoms with Crippen LogP contribution in [-0.2, 0) is 16.7 Å². The van der Waals surface area contributed by atoms with Gasteiger partial charge in [-0.25, -0.2) is 4.79 Å². The minimum atomic E-state index is -0.492. The number of nitrogens with zero attached hydrogens (tertiary/aromatic N) is 1. The highest BCUT2D eigenvalue weighted by Crippen LogP contribution is 2.51. The zero-order valence-corrected chi connectivity index (χ0v) is 18.7. The van der Waals surface area contributed by atoms with Crippen LogP contribution in [0.5, 0.6) is 0 Å². The van der Waals surface area contributed by atoms with Crippen LogP contribution in [0.3, 0.4) is 0 Å². The molecule has 0 aliphatic heterocycles. The second kappa shape index (κ2) is 8.95. The number of esters is 1. The number of aromatic amines is 1. The first kappa shape index (κ1) is 21.8. The van der Waals surface area contributed by atoms with Crippen molar-refractivity contribution in [3.8, 4) is 0 Å². The van der Waals surface area contributed by atoms with Crippen LogP contribution in [0.4, 0.5) is 0 Å². The Morgan fingerprint density at radius 2 is 2.03 bits per heavy atom. The Kier molecular flexibility index (Phi) is 6.08. The molecule has 0 spiro atoms. The maximum atomic E-state index is 11.9. The monoisotopic (exact) mass is 428 g/mol. The maximum absolute atomic E-state index is 11.9. The number of pyridine rings is 1. The van der Waals surface area contributed by atoms with E-state index in [1.54, 1.807) is 25.1 Å². The highest BCUT2D eigenvalue weighted by atomic mass is 16.5. The van der Waals surface area contributed by atoms with Crippen LogP contribution in [0.25, 0.3) is 6.08 Å². The average molecular weight is 429 g/mol. The number of aromatic nitrogens is 1. The molecule has 1 N–H and O–H groups in total. The fraction of sp³-hybridized carbons (Fsp3) is 0.296. The predicted octanol–water partition coefficient (Wildman–Crippen LogP) is 5.00. The average Bonchev–Trinajstić information content (AvgIpc) is 2.76. The third-order valence-corrected chi connectivity index (χ3v) is 6.17. The first-order valence-electron chi connectivity index (χ1n) is 11.0. The Morgan fingerprint density at radius 3 is 2.75 bits per heavy atom. The topological polar surface area (TPSA) is 71.5 Å². The number of H-pyrrole nitrogens is 1. The van der Waals surface area contributed by atoms with Gasteiger partial charge >= 0.3 is 5.97 Å². The SMILES string of the molecule is C/C=C1\[C@H]2C=C(C)C[C@]1(N=C/C=C/c1ccc(C(=O)OCC)cc1)c1ccc(=O)[nH]c1C2. The number of nitrogens with one attached hydrogen (secondary N) is 1. The molecule has 0 saturated heterocycles. The van der Waals surface area contributed by atoms with Crippen molar-refractivity contribution in [3.05, 3.63) is 98.5 Å². The zero-order valence-electron chi connectivity index (χ0n) is 18.7. The van der Waals surface area contributed by atoms with Gasteiger partial charge in [0.1, 0.15) is 5.54 Å². The van der Waals surface area contributed by atoms with E-state index in [2.05, 4.69) is 31.0 Å². The van der Waals surface area contributed by atoms with Crippen molar-refractivity contribution in [3.63, 3.8) is 0 Å². The normalized spacial score (nSPS) is 23.4.